The SMILES string of the molecule is CC[C@@]1(C2(O[Si](C)(C)C(C)(C)C)CC2)O[C@@H](n2cnc3c(=O)[nH]c(NC(=O)C(C)C)nc32)C(OS(=O)(=O)C(F)(F)F)[C@H]1OCc1ccccc1. The van der Waals surface area contributed by atoms with Crippen molar-refractivity contribution in [3.63, 3.8) is 0 Å². The maximum absolute atomic E-state index is 14.0. The standard InChI is InChI=1S/C32H44F3N5O8SSi/c1-9-31(30(15-16-30)48-50(7,8)29(4,5)6)23(45-17-20-13-11-10-12-14-20)22(47-49(43,44)32(33,34)35)27(46-31)40-18-36-21-24(40)37-28(39-26(21)42)38-25(41)19(2)3/h10-14,18-19,22-23,27H,9,15-17H2,1-8H3,(H2,37,38,39,41,42)/t22?,23-,27-,31-/m1/s1. The molecule has 2 aliphatic rings. The van der Waals surface area contributed by atoms with Gasteiger partial charge in [0, 0.05) is 5.92 Å². The number of fused-ring (bicyclic) bond motifs is 1. The van der Waals surface area contributed by atoms with Gasteiger partial charge in [0.2, 0.25) is 11.9 Å². The number of rotatable bonds is 12. The zero-order chi connectivity index (χ0) is 37.1. The summed E-state index contributed by atoms with van der Waals surface area (Å²) in [5.41, 5.74) is -8.93. The summed E-state index contributed by atoms with van der Waals surface area (Å²) >= 11 is 0. The Balaban J connectivity index is 1.72. The highest BCUT2D eigenvalue weighted by molar-refractivity contribution is 7.87. The number of aromatic nitrogens is 4. The number of benzene rings is 1. The number of aromatic amines is 1. The molecule has 1 saturated heterocycles. The molecule has 2 N–H and O–H groups in total. The fourth-order valence-corrected chi connectivity index (χ4v) is 8.30. The molecule has 5 rings (SSSR count). The van der Waals surface area contributed by atoms with Crippen molar-refractivity contribution in [2.45, 2.75) is 121 Å². The van der Waals surface area contributed by atoms with Gasteiger partial charge >= 0.3 is 15.6 Å². The maximum atomic E-state index is 14.0. The minimum atomic E-state index is -6.23. The van der Waals surface area contributed by atoms with Gasteiger partial charge < -0.3 is 13.9 Å². The van der Waals surface area contributed by atoms with E-state index < -0.39 is 71.0 Å². The highest BCUT2D eigenvalue weighted by atomic mass is 32.2. The van der Waals surface area contributed by atoms with Crippen LogP contribution in [0.4, 0.5) is 19.1 Å². The van der Waals surface area contributed by atoms with Crippen molar-refractivity contribution in [1.82, 2.24) is 19.5 Å². The molecule has 1 amide bonds. The Kier molecular flexibility index (Phi) is 9.98. The van der Waals surface area contributed by atoms with Crippen molar-refractivity contribution < 1.29 is 44.5 Å². The summed E-state index contributed by atoms with van der Waals surface area (Å²) in [6.45, 7) is 15.1. The molecule has 13 nitrogen and oxygen atoms in total. The van der Waals surface area contributed by atoms with Crippen molar-refractivity contribution in [3.8, 4) is 0 Å². The summed E-state index contributed by atoms with van der Waals surface area (Å²) in [5.74, 6) is -1.20. The van der Waals surface area contributed by atoms with E-state index in [0.29, 0.717) is 18.4 Å². The molecule has 1 aliphatic carbocycles. The lowest BCUT2D eigenvalue weighted by Gasteiger charge is -2.47. The summed E-state index contributed by atoms with van der Waals surface area (Å²) in [4.78, 5) is 36.4. The number of carbonyl (C=O) groups is 1. The van der Waals surface area contributed by atoms with Gasteiger partial charge in [-0.3, -0.25) is 28.6 Å². The van der Waals surface area contributed by atoms with Crippen LogP contribution in [-0.2, 0) is 39.6 Å². The predicted molar refractivity (Wildman–Crippen MR) is 180 cm³/mol. The van der Waals surface area contributed by atoms with Gasteiger partial charge in [0.15, 0.2) is 31.8 Å². The van der Waals surface area contributed by atoms with E-state index in [1.54, 1.807) is 51.1 Å². The van der Waals surface area contributed by atoms with Gasteiger partial charge in [-0.1, -0.05) is 71.9 Å². The number of ether oxygens (including phenoxy) is 2. The Labute approximate surface area is 289 Å². The number of alkyl halides is 3. The third kappa shape index (κ3) is 6.89. The summed E-state index contributed by atoms with van der Waals surface area (Å²) in [5, 5.41) is 2.23. The molecule has 1 aliphatic heterocycles. The highest BCUT2D eigenvalue weighted by Crippen LogP contribution is 2.62. The van der Waals surface area contributed by atoms with Crippen LogP contribution in [0.15, 0.2) is 41.5 Å². The van der Waals surface area contributed by atoms with E-state index in [9.17, 15) is 31.2 Å². The number of carbonyl (C=O) groups excluding carboxylic acids is 1. The molecule has 1 saturated carbocycles. The Hall–Kier alpha value is -3.16. The third-order valence-corrected chi connectivity index (χ3v) is 15.4. The molecule has 1 aromatic carbocycles. The first-order chi connectivity index (χ1) is 23.1. The van der Waals surface area contributed by atoms with Crippen molar-refractivity contribution in [3.05, 3.63) is 52.6 Å². The largest absolute Gasteiger partial charge is 0.523 e. The molecule has 1 unspecified atom stereocenters. The van der Waals surface area contributed by atoms with Gasteiger partial charge in [0.05, 0.1) is 18.5 Å². The van der Waals surface area contributed by atoms with E-state index in [2.05, 4.69) is 20.3 Å². The number of imidazole rings is 1. The second-order valence-corrected chi connectivity index (χ2v) is 21.0. The first-order valence-electron chi connectivity index (χ1n) is 16.4. The summed E-state index contributed by atoms with van der Waals surface area (Å²) in [6.07, 6.45) is -2.92. The molecule has 50 heavy (non-hydrogen) atoms. The Morgan fingerprint density at radius 2 is 1.82 bits per heavy atom. The molecule has 0 bridgehead atoms. The Morgan fingerprint density at radius 1 is 1.18 bits per heavy atom. The van der Waals surface area contributed by atoms with Crippen LogP contribution in [0.2, 0.25) is 18.1 Å². The zero-order valence-electron chi connectivity index (χ0n) is 29.3. The van der Waals surface area contributed by atoms with Crippen LogP contribution in [-0.4, -0.2) is 71.1 Å². The molecule has 3 heterocycles. The first-order valence-corrected chi connectivity index (χ1v) is 20.7. The molecule has 4 atom stereocenters. The van der Waals surface area contributed by atoms with E-state index in [1.165, 1.54) is 0 Å². The average Bonchev–Trinajstić information content (AvgIpc) is 3.54. The van der Waals surface area contributed by atoms with Crippen molar-refractivity contribution >= 4 is 41.5 Å². The fourth-order valence-electron chi connectivity index (χ4n) is 6.04. The average molecular weight is 744 g/mol. The van der Waals surface area contributed by atoms with Crippen LogP contribution in [0.1, 0.15) is 72.6 Å². The van der Waals surface area contributed by atoms with Crippen molar-refractivity contribution in [2.75, 3.05) is 5.32 Å². The zero-order valence-corrected chi connectivity index (χ0v) is 31.1. The Morgan fingerprint density at radius 3 is 2.36 bits per heavy atom. The molecule has 0 radical (unpaired) electrons. The summed E-state index contributed by atoms with van der Waals surface area (Å²) in [7, 11) is -8.82. The molecule has 3 aromatic rings. The van der Waals surface area contributed by atoms with Crippen molar-refractivity contribution in [1.29, 1.82) is 0 Å². The highest BCUT2D eigenvalue weighted by Gasteiger charge is 2.73. The summed E-state index contributed by atoms with van der Waals surface area (Å²) < 4.78 is 94.2. The topological polar surface area (TPSA) is 164 Å². The van der Waals surface area contributed by atoms with Crippen LogP contribution in [0.3, 0.4) is 0 Å². The lowest BCUT2D eigenvalue weighted by Crippen LogP contribution is -2.60. The van der Waals surface area contributed by atoms with Gasteiger partial charge in [-0.15, -0.1) is 0 Å². The number of hydrogen-bond donors (Lipinski definition) is 2. The minimum absolute atomic E-state index is 0.125. The molecule has 18 heteroatoms. The van der Waals surface area contributed by atoms with Crippen LogP contribution in [0, 0.1) is 5.92 Å². The molecular weight excluding hydrogens is 700 g/mol. The van der Waals surface area contributed by atoms with Crippen LogP contribution >= 0.6 is 0 Å². The number of nitrogens with one attached hydrogen (secondary N) is 2. The van der Waals surface area contributed by atoms with E-state index in [-0.39, 0.29) is 35.2 Å². The van der Waals surface area contributed by atoms with Crippen LogP contribution in [0.25, 0.3) is 11.2 Å². The fraction of sp³-hybridized carbons (Fsp3) is 0.625. The van der Waals surface area contributed by atoms with Crippen LogP contribution in [0.5, 0.6) is 0 Å². The van der Waals surface area contributed by atoms with E-state index in [4.69, 9.17) is 18.1 Å². The molecule has 2 aromatic heterocycles. The van der Waals surface area contributed by atoms with Gasteiger partial charge in [-0.25, -0.2) is 4.98 Å². The number of anilines is 1. The number of hydrogen-bond acceptors (Lipinski definition) is 10. The van der Waals surface area contributed by atoms with Crippen LogP contribution < -0.4 is 10.9 Å². The van der Waals surface area contributed by atoms with E-state index >= 15 is 0 Å². The second kappa shape index (κ2) is 13.1. The first kappa shape index (κ1) is 38.1. The maximum Gasteiger partial charge on any atom is 0.523 e. The normalized spacial score (nSPS) is 24.2. The van der Waals surface area contributed by atoms with Gasteiger partial charge in [-0.05, 0) is 43.0 Å². The number of nitrogens with zero attached hydrogens (tertiary/aromatic N) is 3. The molecule has 2 fully saturated rings. The monoisotopic (exact) mass is 743 g/mol. The lowest BCUT2D eigenvalue weighted by atomic mass is 9.84. The number of halogens is 3. The van der Waals surface area contributed by atoms with E-state index in [1.807, 2.05) is 33.9 Å². The predicted octanol–water partition coefficient (Wildman–Crippen LogP) is 5.77. The quantitative estimate of drug-likeness (QED) is 0.132. The molecule has 276 valence electrons. The lowest BCUT2D eigenvalue weighted by molar-refractivity contribution is -0.184. The van der Waals surface area contributed by atoms with Gasteiger partial charge in [-0.2, -0.15) is 26.6 Å². The van der Waals surface area contributed by atoms with Crippen molar-refractivity contribution in [2.24, 2.45) is 5.92 Å². The number of H-pyrrole nitrogens is 1. The molecular formula is C32H44F3N5O8SSi. The molecule has 0 spiro atoms. The van der Waals surface area contributed by atoms with Gasteiger partial charge in [0.1, 0.15) is 11.7 Å². The Bertz CT molecular complexity index is 1890. The summed E-state index contributed by atoms with van der Waals surface area (Å²) in [6, 6.07) is 8.84. The van der Waals surface area contributed by atoms with Gasteiger partial charge in [0.25, 0.3) is 5.56 Å². The third-order valence-electron chi connectivity index (χ3n) is 9.89. The van der Waals surface area contributed by atoms with E-state index in [0.717, 1.165) is 10.9 Å². The minimum Gasteiger partial charge on any atom is -0.408 e. The second-order valence-electron chi connectivity index (χ2n) is 14.7. The number of amides is 1. The smallest absolute Gasteiger partial charge is 0.408 e.